The Hall–Kier alpha value is -4.12. The molecule has 4 aromatic heterocycles. The van der Waals surface area contributed by atoms with Crippen molar-refractivity contribution in [2.24, 2.45) is 0 Å². The number of hydrogen-bond acceptors (Lipinski definition) is 7. The van der Waals surface area contributed by atoms with E-state index in [0.29, 0.717) is 41.3 Å². The van der Waals surface area contributed by atoms with Crippen LogP contribution in [0.25, 0.3) is 16.9 Å². The predicted molar refractivity (Wildman–Crippen MR) is 128 cm³/mol. The van der Waals surface area contributed by atoms with E-state index >= 15 is 0 Å². The van der Waals surface area contributed by atoms with Crippen molar-refractivity contribution in [3.05, 3.63) is 65.2 Å². The molecule has 0 aliphatic carbocycles. The molecule has 4 aromatic rings. The number of likely N-dealkylation sites (tertiary alicyclic amines) is 1. The summed E-state index contributed by atoms with van der Waals surface area (Å²) in [4.78, 5) is 41.1. The van der Waals surface area contributed by atoms with E-state index in [4.69, 9.17) is 11.6 Å². The number of nitrogens with zero attached hydrogens (tertiary/aromatic N) is 8. The van der Waals surface area contributed by atoms with Gasteiger partial charge in [-0.2, -0.15) is 4.68 Å². The number of aryl methyl sites for hydroxylation is 1. The van der Waals surface area contributed by atoms with E-state index in [1.54, 1.807) is 41.3 Å². The first-order chi connectivity index (χ1) is 16.9. The molecule has 0 saturated carbocycles. The monoisotopic (exact) mass is 492 g/mol. The smallest absolute Gasteiger partial charge is 0.407 e. The molecule has 1 fully saturated rings. The maximum atomic E-state index is 13.7. The third-order valence-corrected chi connectivity index (χ3v) is 6.15. The van der Waals surface area contributed by atoms with Gasteiger partial charge in [0, 0.05) is 25.5 Å². The van der Waals surface area contributed by atoms with Gasteiger partial charge in [-0.15, -0.1) is 5.10 Å². The molecule has 0 bridgehead atoms. The van der Waals surface area contributed by atoms with Crippen LogP contribution in [-0.2, 0) is 0 Å². The number of hydrogen-bond donors (Lipinski definition) is 1. The second kappa shape index (κ2) is 9.26. The summed E-state index contributed by atoms with van der Waals surface area (Å²) in [5.41, 5.74) is 2.96. The van der Waals surface area contributed by atoms with Crippen molar-refractivity contribution >= 4 is 40.6 Å². The van der Waals surface area contributed by atoms with Crippen LogP contribution in [0.15, 0.2) is 48.9 Å². The molecule has 12 heteroatoms. The van der Waals surface area contributed by atoms with Gasteiger partial charge < -0.3 is 10.0 Å². The van der Waals surface area contributed by atoms with Crippen molar-refractivity contribution < 1.29 is 14.7 Å². The van der Waals surface area contributed by atoms with Crippen LogP contribution >= 0.6 is 11.6 Å². The molecule has 1 aliphatic rings. The van der Waals surface area contributed by atoms with Crippen molar-refractivity contribution in [3.63, 3.8) is 0 Å². The molecule has 0 aromatic carbocycles. The first kappa shape index (κ1) is 22.7. The van der Waals surface area contributed by atoms with Gasteiger partial charge in [-0.1, -0.05) is 16.8 Å². The van der Waals surface area contributed by atoms with Crippen molar-refractivity contribution in [1.82, 2.24) is 34.8 Å². The van der Waals surface area contributed by atoms with Crippen LogP contribution in [0, 0.1) is 6.92 Å². The lowest BCUT2D eigenvalue weighted by Gasteiger charge is -2.37. The summed E-state index contributed by atoms with van der Waals surface area (Å²) in [6.07, 6.45) is 4.99. The molecule has 1 aliphatic heterocycles. The molecule has 1 saturated heterocycles. The van der Waals surface area contributed by atoms with Crippen molar-refractivity contribution in [3.8, 4) is 5.69 Å². The first-order valence-electron chi connectivity index (χ1n) is 11.0. The van der Waals surface area contributed by atoms with Crippen LogP contribution in [-0.4, -0.2) is 71.1 Å². The zero-order valence-electron chi connectivity index (χ0n) is 18.7. The van der Waals surface area contributed by atoms with Crippen LogP contribution in [0.4, 0.5) is 10.6 Å². The molecular weight excluding hydrogens is 472 g/mol. The lowest BCUT2D eigenvalue weighted by molar-refractivity contribution is 0.0937. The number of rotatable bonds is 4. The molecule has 35 heavy (non-hydrogen) atoms. The lowest BCUT2D eigenvalue weighted by Crippen LogP contribution is -2.52. The van der Waals surface area contributed by atoms with Gasteiger partial charge in [0.2, 0.25) is 0 Å². The number of fused-ring (bicyclic) bond motifs is 1. The highest BCUT2D eigenvalue weighted by Crippen LogP contribution is 2.29. The minimum Gasteiger partial charge on any atom is -0.465 e. The SMILES string of the molecule is Cc1cnc2c(c1)nnn2-c1ccc(C(=O)N(c2ncccc2Cl)[C@@H]2CCCN(C(=O)O)C2)nc1. The average molecular weight is 493 g/mol. The van der Waals surface area contributed by atoms with Crippen molar-refractivity contribution in [2.75, 3.05) is 18.0 Å². The molecular formula is C23H21ClN8O3. The second-order valence-corrected chi connectivity index (χ2v) is 8.67. The van der Waals surface area contributed by atoms with Crippen molar-refractivity contribution in [2.45, 2.75) is 25.8 Å². The number of piperidine rings is 1. The molecule has 2 amide bonds. The molecule has 178 valence electrons. The summed E-state index contributed by atoms with van der Waals surface area (Å²) in [6, 6.07) is 8.05. The van der Waals surface area contributed by atoms with Crippen molar-refractivity contribution in [1.29, 1.82) is 0 Å². The van der Waals surface area contributed by atoms with Crippen LogP contribution in [0.2, 0.25) is 5.02 Å². The normalized spacial score (nSPS) is 15.8. The van der Waals surface area contributed by atoms with Gasteiger partial charge >= 0.3 is 6.09 Å². The Morgan fingerprint density at radius 1 is 1.17 bits per heavy atom. The fraction of sp³-hybridized carbons (Fsp3) is 0.261. The quantitative estimate of drug-likeness (QED) is 0.459. The second-order valence-electron chi connectivity index (χ2n) is 8.27. The Morgan fingerprint density at radius 3 is 2.77 bits per heavy atom. The van der Waals surface area contributed by atoms with Gasteiger partial charge in [-0.25, -0.2) is 19.7 Å². The maximum Gasteiger partial charge on any atom is 0.407 e. The molecule has 5 rings (SSSR count). The average Bonchev–Trinajstić information content (AvgIpc) is 3.28. The third-order valence-electron chi connectivity index (χ3n) is 5.86. The number of anilines is 1. The largest absolute Gasteiger partial charge is 0.465 e. The lowest BCUT2D eigenvalue weighted by atomic mass is 10.0. The fourth-order valence-corrected chi connectivity index (χ4v) is 4.40. The molecule has 0 spiro atoms. The Bertz CT molecular complexity index is 1410. The molecule has 5 heterocycles. The molecule has 1 atom stereocenters. The zero-order chi connectivity index (χ0) is 24.5. The first-order valence-corrected chi connectivity index (χ1v) is 11.4. The summed E-state index contributed by atoms with van der Waals surface area (Å²) in [7, 11) is 0. The molecule has 0 unspecified atom stereocenters. The number of aromatic nitrogens is 6. The van der Waals surface area contributed by atoms with Crippen LogP contribution in [0.1, 0.15) is 28.9 Å². The summed E-state index contributed by atoms with van der Waals surface area (Å²) in [5, 5.41) is 18.1. The minimum absolute atomic E-state index is 0.155. The number of pyridine rings is 3. The van der Waals surface area contributed by atoms with E-state index < -0.39 is 18.0 Å². The predicted octanol–water partition coefficient (Wildman–Crippen LogP) is 3.36. The van der Waals surface area contributed by atoms with E-state index in [2.05, 4.69) is 25.3 Å². The summed E-state index contributed by atoms with van der Waals surface area (Å²) in [5.74, 6) is -0.157. The molecule has 1 N–H and O–H groups in total. The number of carbonyl (C=O) groups excluding carboxylic acids is 1. The Balaban J connectivity index is 1.48. The fourth-order valence-electron chi connectivity index (χ4n) is 4.18. The van der Waals surface area contributed by atoms with E-state index in [1.807, 2.05) is 13.0 Å². The summed E-state index contributed by atoms with van der Waals surface area (Å²) >= 11 is 6.40. The van der Waals surface area contributed by atoms with Crippen LogP contribution in [0.5, 0.6) is 0 Å². The maximum absolute atomic E-state index is 13.7. The van der Waals surface area contributed by atoms with E-state index in [0.717, 1.165) is 5.56 Å². The van der Waals surface area contributed by atoms with Crippen LogP contribution in [0.3, 0.4) is 0 Å². The minimum atomic E-state index is -1.03. The summed E-state index contributed by atoms with van der Waals surface area (Å²) < 4.78 is 1.55. The molecule has 11 nitrogen and oxygen atoms in total. The highest BCUT2D eigenvalue weighted by atomic mass is 35.5. The van der Waals surface area contributed by atoms with Gasteiger partial charge in [0.15, 0.2) is 11.5 Å². The highest BCUT2D eigenvalue weighted by molar-refractivity contribution is 6.33. The van der Waals surface area contributed by atoms with Gasteiger partial charge in [0.25, 0.3) is 5.91 Å². The van der Waals surface area contributed by atoms with Gasteiger partial charge in [-0.3, -0.25) is 9.69 Å². The number of carbonyl (C=O) groups is 2. The Kier molecular flexibility index (Phi) is 6.00. The standard InChI is InChI=1S/C23H21ClN8O3/c1-14-10-19-21(27-11-14)32(29-28-19)15-6-7-18(26-12-15)22(33)31(20-17(24)5-2-8-25-20)16-4-3-9-30(13-16)23(34)35/h2,5-8,10-12,16H,3-4,9,13H2,1H3,(H,34,35)/t16-/m1/s1. The van der Waals surface area contributed by atoms with E-state index in [1.165, 1.54) is 16.0 Å². The highest BCUT2D eigenvalue weighted by Gasteiger charge is 2.34. The van der Waals surface area contributed by atoms with Crippen LogP contribution < -0.4 is 4.90 Å². The van der Waals surface area contributed by atoms with Gasteiger partial charge in [-0.05, 0) is 55.7 Å². The topological polar surface area (TPSA) is 130 Å². The van der Waals surface area contributed by atoms with Gasteiger partial charge in [0.1, 0.15) is 11.2 Å². The number of halogens is 1. The number of carboxylic acid groups (broad SMARTS) is 1. The summed E-state index contributed by atoms with van der Waals surface area (Å²) in [6.45, 7) is 2.49. The van der Waals surface area contributed by atoms with E-state index in [9.17, 15) is 14.7 Å². The molecule has 0 radical (unpaired) electrons. The van der Waals surface area contributed by atoms with Gasteiger partial charge in [0.05, 0.1) is 22.9 Å². The Labute approximate surface area is 205 Å². The third kappa shape index (κ3) is 4.37. The Morgan fingerprint density at radius 2 is 2.03 bits per heavy atom. The number of amides is 2. The zero-order valence-corrected chi connectivity index (χ0v) is 19.5. The van der Waals surface area contributed by atoms with E-state index in [-0.39, 0.29) is 18.1 Å².